The van der Waals surface area contributed by atoms with Gasteiger partial charge in [-0.3, -0.25) is 25.2 Å². The Kier molecular flexibility index (Phi) is 5.89. The van der Waals surface area contributed by atoms with Gasteiger partial charge in [0, 0.05) is 0 Å². The van der Waals surface area contributed by atoms with Crippen molar-refractivity contribution in [1.29, 1.82) is 0 Å². The minimum absolute atomic E-state index is 0.0690. The number of benzene rings is 1. The summed E-state index contributed by atoms with van der Waals surface area (Å²) in [7, 11) is 0. The molecule has 8 nitrogen and oxygen atoms in total. The Morgan fingerprint density at radius 2 is 1.75 bits per heavy atom. The highest BCUT2D eigenvalue weighted by molar-refractivity contribution is 5.94. The molecule has 0 aliphatic rings. The zero-order valence-corrected chi connectivity index (χ0v) is 12.4. The summed E-state index contributed by atoms with van der Waals surface area (Å²) in [5, 5.41) is 2.31. The average molecular weight is 335 g/mol. The lowest BCUT2D eigenvalue weighted by Crippen LogP contribution is -2.47. The van der Waals surface area contributed by atoms with Gasteiger partial charge >= 0.3 is 0 Å². The molecule has 0 saturated heterocycles. The predicted octanol–water partition coefficient (Wildman–Crippen LogP) is 0.375. The van der Waals surface area contributed by atoms with E-state index in [4.69, 9.17) is 9.15 Å². The van der Waals surface area contributed by atoms with E-state index in [1.165, 1.54) is 42.7 Å². The monoisotopic (exact) mass is 335 g/mol. The van der Waals surface area contributed by atoms with Gasteiger partial charge in [-0.1, -0.05) is 0 Å². The highest BCUT2D eigenvalue weighted by atomic mass is 19.1. The molecule has 0 aliphatic carbocycles. The Bertz CT molecular complexity index is 700. The molecule has 1 aromatic heterocycles. The fourth-order valence-corrected chi connectivity index (χ4v) is 1.55. The fraction of sp³-hybridized carbons (Fsp3) is 0.133. The van der Waals surface area contributed by atoms with Crippen LogP contribution >= 0.6 is 0 Å². The van der Waals surface area contributed by atoms with E-state index in [-0.39, 0.29) is 18.9 Å². The third-order valence-corrected chi connectivity index (χ3v) is 2.68. The van der Waals surface area contributed by atoms with Crippen molar-refractivity contribution in [3.8, 4) is 5.75 Å². The number of hydrogen-bond acceptors (Lipinski definition) is 5. The predicted molar refractivity (Wildman–Crippen MR) is 79.2 cm³/mol. The van der Waals surface area contributed by atoms with Crippen molar-refractivity contribution in [3.05, 3.63) is 54.2 Å². The van der Waals surface area contributed by atoms with Gasteiger partial charge in [0.05, 0.1) is 12.8 Å². The minimum Gasteiger partial charge on any atom is -0.484 e. The van der Waals surface area contributed by atoms with Crippen LogP contribution in [-0.4, -0.2) is 30.9 Å². The first-order chi connectivity index (χ1) is 11.5. The molecule has 3 amide bonds. The summed E-state index contributed by atoms with van der Waals surface area (Å²) in [4.78, 5) is 34.5. The number of ether oxygens (including phenoxy) is 1. The first-order valence-electron chi connectivity index (χ1n) is 6.82. The molecule has 0 fully saturated rings. The molecule has 0 saturated carbocycles. The van der Waals surface area contributed by atoms with Crippen molar-refractivity contribution in [2.24, 2.45) is 0 Å². The van der Waals surface area contributed by atoms with Crippen LogP contribution in [0.3, 0.4) is 0 Å². The average Bonchev–Trinajstić information content (AvgIpc) is 3.12. The molecule has 0 spiro atoms. The van der Waals surface area contributed by atoms with E-state index in [9.17, 15) is 18.8 Å². The molecule has 2 aromatic rings. The summed E-state index contributed by atoms with van der Waals surface area (Å²) in [5.41, 5.74) is 4.21. The lowest BCUT2D eigenvalue weighted by atomic mass is 10.3. The molecule has 24 heavy (non-hydrogen) atoms. The van der Waals surface area contributed by atoms with Gasteiger partial charge in [0.2, 0.25) is 0 Å². The molecule has 0 bridgehead atoms. The number of rotatable bonds is 6. The Morgan fingerprint density at radius 3 is 2.42 bits per heavy atom. The van der Waals surface area contributed by atoms with Crippen LogP contribution in [0.4, 0.5) is 4.39 Å². The zero-order chi connectivity index (χ0) is 17.4. The number of carbonyl (C=O) groups is 3. The molecule has 0 aliphatic heterocycles. The topological polar surface area (TPSA) is 110 Å². The largest absolute Gasteiger partial charge is 0.484 e. The van der Waals surface area contributed by atoms with Crippen molar-refractivity contribution in [2.75, 3.05) is 13.2 Å². The maximum atomic E-state index is 12.7. The first-order valence-corrected chi connectivity index (χ1v) is 6.82. The van der Waals surface area contributed by atoms with Crippen LogP contribution in [0.25, 0.3) is 0 Å². The molecular weight excluding hydrogens is 321 g/mol. The van der Waals surface area contributed by atoms with Crippen LogP contribution in [0.15, 0.2) is 47.1 Å². The SMILES string of the molecule is O=C(CNC(=O)c1ccco1)NNC(=O)COc1ccc(F)cc1. The smallest absolute Gasteiger partial charge is 0.287 e. The first kappa shape index (κ1) is 17.0. The van der Waals surface area contributed by atoms with Gasteiger partial charge in [0.25, 0.3) is 17.7 Å². The van der Waals surface area contributed by atoms with Gasteiger partial charge < -0.3 is 14.5 Å². The number of halogens is 1. The van der Waals surface area contributed by atoms with Crippen molar-refractivity contribution in [3.63, 3.8) is 0 Å². The van der Waals surface area contributed by atoms with Crippen molar-refractivity contribution < 1.29 is 27.9 Å². The highest BCUT2D eigenvalue weighted by Crippen LogP contribution is 2.10. The van der Waals surface area contributed by atoms with Gasteiger partial charge in [0.15, 0.2) is 12.4 Å². The summed E-state index contributed by atoms with van der Waals surface area (Å²) in [6.07, 6.45) is 1.33. The van der Waals surface area contributed by atoms with Crippen LogP contribution in [0.1, 0.15) is 10.6 Å². The maximum Gasteiger partial charge on any atom is 0.287 e. The summed E-state index contributed by atoms with van der Waals surface area (Å²) < 4.78 is 22.6. The Labute approximate surface area is 135 Å². The number of carbonyl (C=O) groups excluding carboxylic acids is 3. The lowest BCUT2D eigenvalue weighted by molar-refractivity contribution is -0.129. The minimum atomic E-state index is -0.634. The van der Waals surface area contributed by atoms with Crippen LogP contribution in [0.2, 0.25) is 0 Å². The van der Waals surface area contributed by atoms with E-state index in [1.54, 1.807) is 0 Å². The molecule has 0 radical (unpaired) electrons. The molecule has 3 N–H and O–H groups in total. The van der Waals surface area contributed by atoms with E-state index >= 15 is 0 Å². The molecule has 9 heteroatoms. The van der Waals surface area contributed by atoms with E-state index < -0.39 is 23.5 Å². The third kappa shape index (κ3) is 5.44. The fourth-order valence-electron chi connectivity index (χ4n) is 1.55. The van der Waals surface area contributed by atoms with Crippen LogP contribution in [0.5, 0.6) is 5.75 Å². The van der Waals surface area contributed by atoms with Gasteiger partial charge in [-0.25, -0.2) is 4.39 Å². The summed E-state index contributed by atoms with van der Waals surface area (Å²) >= 11 is 0. The molecular formula is C15H14FN3O5. The second-order valence-electron chi connectivity index (χ2n) is 4.50. The number of amides is 3. The number of hydrazine groups is 1. The normalized spacial score (nSPS) is 9.88. The van der Waals surface area contributed by atoms with E-state index in [1.807, 2.05) is 0 Å². The summed E-state index contributed by atoms with van der Waals surface area (Å²) in [5.74, 6) is -1.85. The van der Waals surface area contributed by atoms with Crippen molar-refractivity contribution >= 4 is 17.7 Å². The molecule has 1 heterocycles. The molecule has 2 rings (SSSR count). The number of furan rings is 1. The Hall–Kier alpha value is -3.36. The van der Waals surface area contributed by atoms with Crippen LogP contribution < -0.4 is 20.9 Å². The van der Waals surface area contributed by atoms with Crippen LogP contribution in [-0.2, 0) is 9.59 Å². The van der Waals surface area contributed by atoms with Crippen molar-refractivity contribution in [1.82, 2.24) is 16.2 Å². The second-order valence-corrected chi connectivity index (χ2v) is 4.50. The van der Waals surface area contributed by atoms with Crippen LogP contribution in [0, 0.1) is 5.82 Å². The summed E-state index contributed by atoms with van der Waals surface area (Å²) in [6, 6.07) is 8.10. The van der Waals surface area contributed by atoms with Crippen molar-refractivity contribution in [2.45, 2.75) is 0 Å². The highest BCUT2D eigenvalue weighted by Gasteiger charge is 2.11. The molecule has 0 atom stereocenters. The standard InChI is InChI=1S/C15H14FN3O5/c16-10-3-5-11(6-4-10)24-9-14(21)19-18-13(20)8-17-15(22)12-2-1-7-23-12/h1-7H,8-9H2,(H,17,22)(H,18,20)(H,19,21). The molecule has 0 unspecified atom stereocenters. The zero-order valence-electron chi connectivity index (χ0n) is 12.4. The Morgan fingerprint density at radius 1 is 1.04 bits per heavy atom. The van der Waals surface area contributed by atoms with E-state index in [2.05, 4.69) is 16.2 Å². The molecule has 1 aromatic carbocycles. The summed E-state index contributed by atoms with van der Waals surface area (Å²) in [6.45, 7) is -0.719. The lowest BCUT2D eigenvalue weighted by Gasteiger charge is -2.09. The number of nitrogens with one attached hydrogen (secondary N) is 3. The van der Waals surface area contributed by atoms with Gasteiger partial charge in [-0.2, -0.15) is 0 Å². The van der Waals surface area contributed by atoms with Gasteiger partial charge in [0.1, 0.15) is 11.6 Å². The second kappa shape index (κ2) is 8.32. The van der Waals surface area contributed by atoms with E-state index in [0.717, 1.165) is 0 Å². The molecule has 126 valence electrons. The maximum absolute atomic E-state index is 12.7. The van der Waals surface area contributed by atoms with Gasteiger partial charge in [-0.05, 0) is 36.4 Å². The number of hydrogen-bond donors (Lipinski definition) is 3. The van der Waals surface area contributed by atoms with E-state index in [0.29, 0.717) is 5.75 Å². The van der Waals surface area contributed by atoms with Gasteiger partial charge in [-0.15, -0.1) is 0 Å². The Balaban J connectivity index is 1.63. The third-order valence-electron chi connectivity index (χ3n) is 2.68. The quantitative estimate of drug-likeness (QED) is 0.661.